The largest absolute Gasteiger partial charge is 0.508 e. The molecule has 0 aliphatic rings. The van der Waals surface area contributed by atoms with Gasteiger partial charge in [0, 0.05) is 27.6 Å². The molecule has 0 bridgehead atoms. The molecule has 3 nitrogen and oxygen atoms in total. The molecule has 0 radical (unpaired) electrons. The third-order valence-corrected chi connectivity index (χ3v) is 4.70. The summed E-state index contributed by atoms with van der Waals surface area (Å²) in [7, 11) is 0. The van der Waals surface area contributed by atoms with Crippen LogP contribution in [0, 0.1) is 0 Å². The number of hydrogen-bond acceptors (Lipinski definition) is 3. The van der Waals surface area contributed by atoms with Gasteiger partial charge in [0.25, 0.3) is 0 Å². The fourth-order valence-electron chi connectivity index (χ4n) is 3.03. The molecule has 0 atom stereocenters. The van der Waals surface area contributed by atoms with Crippen molar-refractivity contribution >= 4 is 34.2 Å². The maximum absolute atomic E-state index is 12.8. The number of phenolic OH excluding ortho intramolecular Hbond substituents is 1. The smallest absolute Gasteiger partial charge is 0.344 e. The van der Waals surface area contributed by atoms with Crippen LogP contribution in [-0.2, 0) is 0 Å². The van der Waals surface area contributed by atoms with Crippen LogP contribution in [0.15, 0.2) is 75.9 Å². The van der Waals surface area contributed by atoms with Gasteiger partial charge >= 0.3 is 5.63 Å². The molecule has 0 unspecified atom stereocenters. The van der Waals surface area contributed by atoms with Crippen molar-refractivity contribution in [2.75, 3.05) is 0 Å². The number of hydrogen-bond donors (Lipinski definition) is 1. The molecule has 26 heavy (non-hydrogen) atoms. The Morgan fingerprint density at radius 1 is 0.846 bits per heavy atom. The Morgan fingerprint density at radius 2 is 1.62 bits per heavy atom. The number of benzene rings is 3. The Kier molecular flexibility index (Phi) is 4.19. The molecule has 0 aliphatic carbocycles. The highest BCUT2D eigenvalue weighted by atomic mass is 35.5. The minimum absolute atomic E-state index is 0.0249. The van der Waals surface area contributed by atoms with Gasteiger partial charge in [0.2, 0.25) is 0 Å². The lowest BCUT2D eigenvalue weighted by Crippen LogP contribution is -2.06. The normalized spacial score (nSPS) is 11.0. The molecule has 0 saturated heterocycles. The van der Waals surface area contributed by atoms with Crippen LogP contribution in [0.2, 0.25) is 10.0 Å². The maximum atomic E-state index is 12.8. The monoisotopic (exact) mass is 382 g/mol. The molecular formula is C21H12Cl2O3. The van der Waals surface area contributed by atoms with E-state index in [4.69, 9.17) is 27.6 Å². The lowest BCUT2D eigenvalue weighted by atomic mass is 9.93. The molecule has 4 aromatic rings. The predicted molar refractivity (Wildman–Crippen MR) is 105 cm³/mol. The third-order valence-electron chi connectivity index (χ3n) is 4.15. The van der Waals surface area contributed by atoms with Gasteiger partial charge < -0.3 is 9.52 Å². The van der Waals surface area contributed by atoms with E-state index in [0.29, 0.717) is 37.7 Å². The van der Waals surface area contributed by atoms with Gasteiger partial charge in [0.05, 0.1) is 10.6 Å². The first-order chi connectivity index (χ1) is 12.5. The molecule has 0 fully saturated rings. The number of fused-ring (bicyclic) bond motifs is 1. The van der Waals surface area contributed by atoms with Crippen LogP contribution in [0.1, 0.15) is 0 Å². The molecule has 0 spiro atoms. The van der Waals surface area contributed by atoms with Crippen molar-refractivity contribution < 1.29 is 9.52 Å². The van der Waals surface area contributed by atoms with Crippen LogP contribution in [-0.4, -0.2) is 5.11 Å². The zero-order chi connectivity index (χ0) is 18.3. The van der Waals surface area contributed by atoms with Gasteiger partial charge in [0.15, 0.2) is 0 Å². The van der Waals surface area contributed by atoms with E-state index in [2.05, 4.69) is 0 Å². The summed E-state index contributed by atoms with van der Waals surface area (Å²) in [6, 6.07) is 19.2. The van der Waals surface area contributed by atoms with E-state index < -0.39 is 5.63 Å². The second-order valence-corrected chi connectivity index (χ2v) is 6.65. The fraction of sp³-hybridized carbons (Fsp3) is 0. The average molecular weight is 383 g/mol. The van der Waals surface area contributed by atoms with Gasteiger partial charge in [-0.1, -0.05) is 59.6 Å². The van der Waals surface area contributed by atoms with Gasteiger partial charge in [-0.25, -0.2) is 4.79 Å². The number of phenols is 1. The molecule has 128 valence electrons. The summed E-state index contributed by atoms with van der Waals surface area (Å²) in [5, 5.41) is 11.3. The summed E-state index contributed by atoms with van der Waals surface area (Å²) < 4.78 is 5.47. The van der Waals surface area contributed by atoms with E-state index in [1.807, 2.05) is 30.3 Å². The van der Waals surface area contributed by atoms with Crippen LogP contribution in [0.3, 0.4) is 0 Å². The first-order valence-electron chi connectivity index (χ1n) is 7.85. The van der Waals surface area contributed by atoms with Crippen molar-refractivity contribution in [2.45, 2.75) is 0 Å². The molecule has 5 heteroatoms. The molecule has 4 rings (SSSR count). The van der Waals surface area contributed by atoms with Crippen molar-refractivity contribution in [3.8, 4) is 28.0 Å². The van der Waals surface area contributed by atoms with Gasteiger partial charge in [-0.3, -0.25) is 0 Å². The van der Waals surface area contributed by atoms with Gasteiger partial charge in [0.1, 0.15) is 11.3 Å². The molecule has 1 aromatic heterocycles. The number of rotatable bonds is 2. The highest BCUT2D eigenvalue weighted by Gasteiger charge is 2.20. The first kappa shape index (κ1) is 16.7. The molecular weight excluding hydrogens is 371 g/mol. The lowest BCUT2D eigenvalue weighted by Gasteiger charge is -2.13. The fourth-order valence-corrected chi connectivity index (χ4v) is 3.53. The van der Waals surface area contributed by atoms with E-state index in [1.54, 1.807) is 30.3 Å². The zero-order valence-corrected chi connectivity index (χ0v) is 14.9. The Hall–Kier alpha value is -2.75. The zero-order valence-electron chi connectivity index (χ0n) is 13.4. The van der Waals surface area contributed by atoms with Crippen molar-refractivity contribution in [3.05, 3.63) is 87.2 Å². The van der Waals surface area contributed by atoms with E-state index in [0.717, 1.165) is 5.56 Å². The molecule has 1 heterocycles. The number of halogens is 2. The van der Waals surface area contributed by atoms with Crippen molar-refractivity contribution in [1.29, 1.82) is 0 Å². The molecule has 0 amide bonds. The van der Waals surface area contributed by atoms with Crippen LogP contribution >= 0.6 is 23.2 Å². The summed E-state index contributed by atoms with van der Waals surface area (Å²) in [5.41, 5.74) is 2.21. The van der Waals surface area contributed by atoms with Gasteiger partial charge in [-0.2, -0.15) is 0 Å². The lowest BCUT2D eigenvalue weighted by molar-refractivity contribution is 0.473. The summed E-state index contributed by atoms with van der Waals surface area (Å²) >= 11 is 12.4. The van der Waals surface area contributed by atoms with E-state index >= 15 is 0 Å². The molecule has 1 N–H and O–H groups in total. The Labute approximate surface area is 159 Å². The minimum Gasteiger partial charge on any atom is -0.508 e. The van der Waals surface area contributed by atoms with Gasteiger partial charge in [-0.15, -0.1) is 0 Å². The van der Waals surface area contributed by atoms with E-state index in [9.17, 15) is 9.90 Å². The summed E-state index contributed by atoms with van der Waals surface area (Å²) in [5.74, 6) is 0.0249. The predicted octanol–water partition coefficient (Wildman–Crippen LogP) is 6.14. The summed E-state index contributed by atoms with van der Waals surface area (Å²) in [6.07, 6.45) is 0. The quantitative estimate of drug-likeness (QED) is 0.423. The Morgan fingerprint density at radius 3 is 2.35 bits per heavy atom. The van der Waals surface area contributed by atoms with E-state index in [-0.39, 0.29) is 5.75 Å². The van der Waals surface area contributed by atoms with Crippen molar-refractivity contribution in [1.82, 2.24) is 0 Å². The highest BCUT2D eigenvalue weighted by molar-refractivity contribution is 6.36. The third kappa shape index (κ3) is 2.85. The SMILES string of the molecule is O=c1oc2cc(O)ccc2c(-c2ccccc2)c1-c1ccc(Cl)cc1Cl. The second kappa shape index (κ2) is 6.52. The summed E-state index contributed by atoms with van der Waals surface area (Å²) in [6.45, 7) is 0. The molecule has 3 aromatic carbocycles. The minimum atomic E-state index is -0.536. The van der Waals surface area contributed by atoms with E-state index in [1.165, 1.54) is 6.07 Å². The second-order valence-electron chi connectivity index (χ2n) is 5.81. The van der Waals surface area contributed by atoms with Gasteiger partial charge in [-0.05, 0) is 29.8 Å². The Bertz CT molecular complexity index is 1180. The van der Waals surface area contributed by atoms with Crippen molar-refractivity contribution in [3.63, 3.8) is 0 Å². The first-order valence-corrected chi connectivity index (χ1v) is 8.61. The summed E-state index contributed by atoms with van der Waals surface area (Å²) in [4.78, 5) is 12.8. The average Bonchev–Trinajstić information content (AvgIpc) is 2.62. The topological polar surface area (TPSA) is 50.4 Å². The van der Waals surface area contributed by atoms with Crippen LogP contribution < -0.4 is 5.63 Å². The van der Waals surface area contributed by atoms with Crippen LogP contribution in [0.4, 0.5) is 0 Å². The number of aromatic hydroxyl groups is 1. The highest BCUT2D eigenvalue weighted by Crippen LogP contribution is 2.39. The standard InChI is InChI=1S/C21H12Cl2O3/c22-13-6-8-15(17(23)10-13)20-19(12-4-2-1-3-5-12)16-9-7-14(24)11-18(16)26-21(20)25/h1-11,24H. The Balaban J connectivity index is 2.17. The van der Waals surface area contributed by atoms with Crippen LogP contribution in [0.5, 0.6) is 5.75 Å². The van der Waals surface area contributed by atoms with Crippen LogP contribution in [0.25, 0.3) is 33.2 Å². The van der Waals surface area contributed by atoms with Crippen molar-refractivity contribution in [2.24, 2.45) is 0 Å². The molecule has 0 saturated carbocycles. The maximum Gasteiger partial charge on any atom is 0.344 e. The molecule has 0 aliphatic heterocycles.